The first-order valence-electron chi connectivity index (χ1n) is 5.05. The maximum absolute atomic E-state index is 5.46. The Bertz CT molecular complexity index is 226. The molecule has 0 unspecified atom stereocenters. The molecule has 14 heavy (non-hydrogen) atoms. The van der Waals surface area contributed by atoms with Gasteiger partial charge in [-0.15, -0.1) is 0 Å². The maximum Gasteiger partial charge on any atom is 0.0521 e. The summed E-state index contributed by atoms with van der Waals surface area (Å²) in [4.78, 5) is 4.22. The van der Waals surface area contributed by atoms with Gasteiger partial charge < -0.3 is 10.1 Å². The third-order valence-electron chi connectivity index (χ3n) is 1.94. The molecule has 78 valence electrons. The van der Waals surface area contributed by atoms with Crippen molar-refractivity contribution >= 4 is 0 Å². The molecule has 1 aromatic rings. The monoisotopic (exact) mass is 194 g/mol. The number of ether oxygens (including phenoxy) is 1. The van der Waals surface area contributed by atoms with Gasteiger partial charge in [0.15, 0.2) is 0 Å². The first-order chi connectivity index (χ1) is 6.93. The standard InChI is InChI=1S/C11H18N2O/c1-12-7-4-9-14-10-6-11-5-2-3-8-13-11/h2-3,5,8,12H,4,6-7,9-10H2,1H3. The summed E-state index contributed by atoms with van der Waals surface area (Å²) in [6.07, 6.45) is 3.79. The molecule has 1 rings (SSSR count). The lowest BCUT2D eigenvalue weighted by atomic mass is 10.3. The van der Waals surface area contributed by atoms with Crippen molar-refractivity contribution in [2.45, 2.75) is 12.8 Å². The fraction of sp³-hybridized carbons (Fsp3) is 0.545. The van der Waals surface area contributed by atoms with Gasteiger partial charge in [0.2, 0.25) is 0 Å². The lowest BCUT2D eigenvalue weighted by Gasteiger charge is -2.03. The molecule has 0 saturated carbocycles. The highest BCUT2D eigenvalue weighted by molar-refractivity contribution is 5.03. The normalized spacial score (nSPS) is 10.4. The Morgan fingerprint density at radius 3 is 3.00 bits per heavy atom. The van der Waals surface area contributed by atoms with E-state index in [0.29, 0.717) is 0 Å². The first kappa shape index (κ1) is 11.1. The number of hydrogen-bond donors (Lipinski definition) is 1. The molecular formula is C11H18N2O. The van der Waals surface area contributed by atoms with E-state index in [2.05, 4.69) is 10.3 Å². The number of nitrogens with one attached hydrogen (secondary N) is 1. The molecule has 1 heterocycles. The van der Waals surface area contributed by atoms with E-state index in [1.807, 2.05) is 31.4 Å². The lowest BCUT2D eigenvalue weighted by molar-refractivity contribution is 0.134. The van der Waals surface area contributed by atoms with Crippen LogP contribution in [0.3, 0.4) is 0 Å². The molecule has 0 spiro atoms. The summed E-state index contributed by atoms with van der Waals surface area (Å²) < 4.78 is 5.46. The van der Waals surface area contributed by atoms with Crippen molar-refractivity contribution in [1.29, 1.82) is 0 Å². The maximum atomic E-state index is 5.46. The number of aromatic nitrogens is 1. The summed E-state index contributed by atoms with van der Waals surface area (Å²) in [6, 6.07) is 5.96. The predicted octanol–water partition coefficient (Wildman–Crippen LogP) is 1.25. The van der Waals surface area contributed by atoms with Gasteiger partial charge in [-0.05, 0) is 32.1 Å². The van der Waals surface area contributed by atoms with Crippen molar-refractivity contribution in [2.24, 2.45) is 0 Å². The van der Waals surface area contributed by atoms with E-state index in [0.717, 1.165) is 38.3 Å². The topological polar surface area (TPSA) is 34.1 Å². The highest BCUT2D eigenvalue weighted by Gasteiger charge is 1.92. The zero-order chi connectivity index (χ0) is 10.1. The van der Waals surface area contributed by atoms with E-state index in [1.54, 1.807) is 0 Å². The lowest BCUT2D eigenvalue weighted by Crippen LogP contribution is -2.11. The number of hydrogen-bond acceptors (Lipinski definition) is 3. The summed E-state index contributed by atoms with van der Waals surface area (Å²) in [5.74, 6) is 0. The molecule has 1 aromatic heterocycles. The molecule has 0 amide bonds. The third kappa shape index (κ3) is 4.94. The summed E-state index contributed by atoms with van der Waals surface area (Å²) in [7, 11) is 1.95. The van der Waals surface area contributed by atoms with Crippen LogP contribution in [-0.2, 0) is 11.2 Å². The van der Waals surface area contributed by atoms with Gasteiger partial charge in [-0.1, -0.05) is 6.07 Å². The Morgan fingerprint density at radius 1 is 1.36 bits per heavy atom. The van der Waals surface area contributed by atoms with Crippen molar-refractivity contribution < 1.29 is 4.74 Å². The SMILES string of the molecule is CNCCCOCCc1ccccn1. The predicted molar refractivity (Wildman–Crippen MR) is 57.3 cm³/mol. The highest BCUT2D eigenvalue weighted by atomic mass is 16.5. The average molecular weight is 194 g/mol. The average Bonchev–Trinajstić information content (AvgIpc) is 2.25. The van der Waals surface area contributed by atoms with Crippen LogP contribution in [0.2, 0.25) is 0 Å². The summed E-state index contributed by atoms with van der Waals surface area (Å²) in [5.41, 5.74) is 1.10. The molecule has 0 saturated heterocycles. The summed E-state index contributed by atoms with van der Waals surface area (Å²) in [6.45, 7) is 2.61. The van der Waals surface area contributed by atoms with E-state index >= 15 is 0 Å². The number of pyridine rings is 1. The molecular weight excluding hydrogens is 176 g/mol. The largest absolute Gasteiger partial charge is 0.381 e. The molecule has 0 aromatic carbocycles. The molecule has 0 fully saturated rings. The molecule has 0 aliphatic carbocycles. The fourth-order valence-electron chi connectivity index (χ4n) is 1.18. The number of nitrogens with zero attached hydrogens (tertiary/aromatic N) is 1. The molecule has 3 heteroatoms. The molecule has 0 bridgehead atoms. The van der Waals surface area contributed by atoms with Gasteiger partial charge in [0.25, 0.3) is 0 Å². The van der Waals surface area contributed by atoms with Gasteiger partial charge in [-0.25, -0.2) is 0 Å². The van der Waals surface area contributed by atoms with Crippen molar-refractivity contribution in [1.82, 2.24) is 10.3 Å². The minimum Gasteiger partial charge on any atom is -0.381 e. The Hall–Kier alpha value is -0.930. The minimum atomic E-state index is 0.765. The van der Waals surface area contributed by atoms with E-state index < -0.39 is 0 Å². The van der Waals surface area contributed by atoms with E-state index in [-0.39, 0.29) is 0 Å². The smallest absolute Gasteiger partial charge is 0.0521 e. The van der Waals surface area contributed by atoms with Crippen LogP contribution in [0.4, 0.5) is 0 Å². The van der Waals surface area contributed by atoms with Crippen LogP contribution < -0.4 is 5.32 Å². The second-order valence-corrected chi connectivity index (χ2v) is 3.14. The minimum absolute atomic E-state index is 0.765. The van der Waals surface area contributed by atoms with Gasteiger partial charge in [0, 0.05) is 24.9 Å². The van der Waals surface area contributed by atoms with Gasteiger partial charge in [-0.2, -0.15) is 0 Å². The van der Waals surface area contributed by atoms with Gasteiger partial charge >= 0.3 is 0 Å². The first-order valence-corrected chi connectivity index (χ1v) is 5.05. The Labute approximate surface area is 85.5 Å². The zero-order valence-corrected chi connectivity index (χ0v) is 8.70. The van der Waals surface area contributed by atoms with Crippen LogP contribution in [0.5, 0.6) is 0 Å². The van der Waals surface area contributed by atoms with Crippen molar-refractivity contribution in [2.75, 3.05) is 26.8 Å². The van der Waals surface area contributed by atoms with Crippen molar-refractivity contribution in [3.05, 3.63) is 30.1 Å². The molecule has 0 aliphatic heterocycles. The van der Waals surface area contributed by atoms with Crippen LogP contribution >= 0.6 is 0 Å². The second kappa shape index (κ2) is 7.47. The van der Waals surface area contributed by atoms with E-state index in [4.69, 9.17) is 4.74 Å². The van der Waals surface area contributed by atoms with Gasteiger partial charge in [0.1, 0.15) is 0 Å². The van der Waals surface area contributed by atoms with E-state index in [9.17, 15) is 0 Å². The molecule has 0 radical (unpaired) electrons. The molecule has 1 N–H and O–H groups in total. The highest BCUT2D eigenvalue weighted by Crippen LogP contribution is 1.95. The van der Waals surface area contributed by atoms with Crippen molar-refractivity contribution in [3.63, 3.8) is 0 Å². The molecule has 3 nitrogen and oxygen atoms in total. The third-order valence-corrected chi connectivity index (χ3v) is 1.94. The van der Waals surface area contributed by atoms with Crippen LogP contribution in [0.1, 0.15) is 12.1 Å². The Morgan fingerprint density at radius 2 is 2.29 bits per heavy atom. The van der Waals surface area contributed by atoms with Crippen molar-refractivity contribution in [3.8, 4) is 0 Å². The quantitative estimate of drug-likeness (QED) is 0.663. The molecule has 0 aliphatic rings. The van der Waals surface area contributed by atoms with E-state index in [1.165, 1.54) is 0 Å². The van der Waals surface area contributed by atoms with Crippen LogP contribution in [0, 0.1) is 0 Å². The molecule has 0 atom stereocenters. The summed E-state index contributed by atoms with van der Waals surface area (Å²) >= 11 is 0. The second-order valence-electron chi connectivity index (χ2n) is 3.14. The number of rotatable bonds is 7. The Balaban J connectivity index is 1.99. The van der Waals surface area contributed by atoms with Crippen LogP contribution in [0.15, 0.2) is 24.4 Å². The Kier molecular flexibility index (Phi) is 5.95. The van der Waals surface area contributed by atoms with Gasteiger partial charge in [0.05, 0.1) is 6.61 Å². The van der Waals surface area contributed by atoms with Crippen LogP contribution in [-0.4, -0.2) is 31.8 Å². The fourth-order valence-corrected chi connectivity index (χ4v) is 1.18. The zero-order valence-electron chi connectivity index (χ0n) is 8.70. The summed E-state index contributed by atoms with van der Waals surface area (Å²) in [5, 5.41) is 3.08. The van der Waals surface area contributed by atoms with Gasteiger partial charge in [-0.3, -0.25) is 4.98 Å². The van der Waals surface area contributed by atoms with Crippen LogP contribution in [0.25, 0.3) is 0 Å².